The molecular formula is C20H19ClFN3O3. The Morgan fingerprint density at radius 2 is 1.89 bits per heavy atom. The van der Waals surface area contributed by atoms with Gasteiger partial charge >= 0.3 is 6.03 Å². The van der Waals surface area contributed by atoms with Gasteiger partial charge in [-0.3, -0.25) is 14.5 Å². The summed E-state index contributed by atoms with van der Waals surface area (Å²) >= 11 is 5.90. The number of anilines is 1. The maximum Gasteiger partial charge on any atom is 0.325 e. The first-order valence-corrected chi connectivity index (χ1v) is 9.11. The van der Waals surface area contributed by atoms with E-state index >= 15 is 0 Å². The maximum absolute atomic E-state index is 13.2. The van der Waals surface area contributed by atoms with E-state index in [4.69, 9.17) is 11.6 Å². The molecule has 0 bridgehead atoms. The van der Waals surface area contributed by atoms with Crippen LogP contribution < -0.4 is 10.6 Å². The van der Waals surface area contributed by atoms with E-state index in [9.17, 15) is 18.8 Å². The molecule has 2 aromatic rings. The second-order valence-corrected chi connectivity index (χ2v) is 7.03. The first-order chi connectivity index (χ1) is 13.3. The van der Waals surface area contributed by atoms with Crippen LogP contribution in [0.25, 0.3) is 0 Å². The molecule has 2 aromatic carbocycles. The molecular weight excluding hydrogens is 385 g/mol. The summed E-state index contributed by atoms with van der Waals surface area (Å²) in [6.45, 7) is 3.09. The smallest absolute Gasteiger partial charge is 0.324 e. The normalized spacial score (nSPS) is 18.9. The van der Waals surface area contributed by atoms with Crippen molar-refractivity contribution in [3.63, 3.8) is 0 Å². The van der Waals surface area contributed by atoms with E-state index < -0.39 is 35.7 Å². The minimum absolute atomic E-state index is 0.262. The molecule has 28 heavy (non-hydrogen) atoms. The van der Waals surface area contributed by atoms with E-state index in [-0.39, 0.29) is 6.42 Å². The summed E-state index contributed by atoms with van der Waals surface area (Å²) in [7, 11) is 0. The molecule has 1 heterocycles. The van der Waals surface area contributed by atoms with Gasteiger partial charge in [-0.1, -0.05) is 30.7 Å². The van der Waals surface area contributed by atoms with Gasteiger partial charge in [-0.05, 0) is 54.8 Å². The number of halogens is 2. The Morgan fingerprint density at radius 1 is 1.21 bits per heavy atom. The largest absolute Gasteiger partial charge is 0.325 e. The average Bonchev–Trinajstić information content (AvgIpc) is 2.90. The zero-order valence-electron chi connectivity index (χ0n) is 15.4. The molecule has 0 aromatic heterocycles. The monoisotopic (exact) mass is 403 g/mol. The number of urea groups is 1. The lowest BCUT2D eigenvalue weighted by molar-refractivity contribution is -0.134. The van der Waals surface area contributed by atoms with E-state index in [1.165, 1.54) is 24.3 Å². The number of hydrogen-bond acceptors (Lipinski definition) is 3. The summed E-state index contributed by atoms with van der Waals surface area (Å²) in [5.74, 6) is -1.50. The Labute approximate surface area is 166 Å². The summed E-state index contributed by atoms with van der Waals surface area (Å²) < 4.78 is 13.2. The summed E-state index contributed by atoms with van der Waals surface area (Å²) in [5.41, 5.74) is 0.446. The third kappa shape index (κ3) is 3.57. The number of hydrogen-bond donors (Lipinski definition) is 2. The molecule has 0 spiro atoms. The number of aryl methyl sites for hydroxylation is 1. The predicted molar refractivity (Wildman–Crippen MR) is 103 cm³/mol. The van der Waals surface area contributed by atoms with Crippen LogP contribution in [0.5, 0.6) is 0 Å². The highest BCUT2D eigenvalue weighted by Crippen LogP contribution is 2.32. The standard InChI is InChI=1S/C20H19ClFN3O3/c1-3-20(13-4-7-15(22)8-5-13)18(27)25(19(28)24-20)11-17(26)23-16-9-6-14(21)10-12(16)2/h4-10H,3,11H2,1-2H3,(H,23,26)(H,24,28)/t20-/m1/s1. The number of nitrogens with one attached hydrogen (secondary N) is 2. The summed E-state index contributed by atoms with van der Waals surface area (Å²) in [6.07, 6.45) is 0.262. The lowest BCUT2D eigenvalue weighted by Crippen LogP contribution is -2.44. The van der Waals surface area contributed by atoms with Crippen molar-refractivity contribution in [3.05, 3.63) is 64.4 Å². The Balaban J connectivity index is 1.79. The number of carbonyl (C=O) groups excluding carboxylic acids is 3. The lowest BCUT2D eigenvalue weighted by atomic mass is 9.87. The third-order valence-corrected chi connectivity index (χ3v) is 5.04. The van der Waals surface area contributed by atoms with Crippen molar-refractivity contribution in [2.75, 3.05) is 11.9 Å². The topological polar surface area (TPSA) is 78.5 Å². The van der Waals surface area contributed by atoms with Crippen molar-refractivity contribution >= 4 is 35.1 Å². The van der Waals surface area contributed by atoms with Crippen LogP contribution in [-0.4, -0.2) is 29.3 Å². The molecule has 0 radical (unpaired) electrons. The Bertz CT molecular complexity index is 948. The maximum atomic E-state index is 13.2. The fourth-order valence-corrected chi connectivity index (χ4v) is 3.47. The van der Waals surface area contributed by atoms with Crippen molar-refractivity contribution < 1.29 is 18.8 Å². The summed E-state index contributed by atoms with van der Waals surface area (Å²) in [4.78, 5) is 38.7. The molecule has 6 nitrogen and oxygen atoms in total. The van der Waals surface area contributed by atoms with Gasteiger partial charge in [0.1, 0.15) is 17.9 Å². The van der Waals surface area contributed by atoms with Gasteiger partial charge in [0.25, 0.3) is 5.91 Å². The minimum atomic E-state index is -1.32. The molecule has 0 saturated carbocycles. The molecule has 146 valence electrons. The zero-order valence-corrected chi connectivity index (χ0v) is 16.1. The van der Waals surface area contributed by atoms with Gasteiger partial charge in [0.05, 0.1) is 0 Å². The molecule has 1 atom stereocenters. The molecule has 1 fully saturated rings. The predicted octanol–water partition coefficient (Wildman–Crippen LogP) is 3.58. The van der Waals surface area contributed by atoms with Gasteiger partial charge in [-0.25, -0.2) is 9.18 Å². The van der Waals surface area contributed by atoms with Crippen LogP contribution in [-0.2, 0) is 15.1 Å². The first kappa shape index (κ1) is 19.8. The molecule has 3 rings (SSSR count). The van der Waals surface area contributed by atoms with Gasteiger partial charge in [-0.15, -0.1) is 0 Å². The first-order valence-electron chi connectivity index (χ1n) is 8.73. The molecule has 4 amide bonds. The number of imide groups is 1. The second-order valence-electron chi connectivity index (χ2n) is 6.59. The van der Waals surface area contributed by atoms with Crippen LogP contribution in [0.2, 0.25) is 5.02 Å². The quantitative estimate of drug-likeness (QED) is 0.749. The number of rotatable bonds is 5. The molecule has 2 N–H and O–H groups in total. The van der Waals surface area contributed by atoms with Crippen molar-refractivity contribution in [1.29, 1.82) is 0 Å². The molecule has 0 aliphatic carbocycles. The van der Waals surface area contributed by atoms with Crippen LogP contribution in [0, 0.1) is 12.7 Å². The number of nitrogens with zero attached hydrogens (tertiary/aromatic N) is 1. The number of benzene rings is 2. The van der Waals surface area contributed by atoms with Crippen LogP contribution in [0.15, 0.2) is 42.5 Å². The van der Waals surface area contributed by atoms with Crippen molar-refractivity contribution in [2.45, 2.75) is 25.8 Å². The van der Waals surface area contributed by atoms with E-state index in [0.29, 0.717) is 16.3 Å². The SMILES string of the molecule is CC[C@]1(c2ccc(F)cc2)NC(=O)N(CC(=O)Nc2ccc(Cl)cc2C)C1=O. The van der Waals surface area contributed by atoms with Crippen LogP contribution in [0.4, 0.5) is 14.9 Å². The molecule has 8 heteroatoms. The minimum Gasteiger partial charge on any atom is -0.324 e. The van der Waals surface area contributed by atoms with E-state index in [0.717, 1.165) is 10.5 Å². The lowest BCUT2D eigenvalue weighted by Gasteiger charge is -2.25. The van der Waals surface area contributed by atoms with Crippen molar-refractivity contribution in [1.82, 2.24) is 10.2 Å². The van der Waals surface area contributed by atoms with Crippen LogP contribution in [0.1, 0.15) is 24.5 Å². The Morgan fingerprint density at radius 3 is 2.50 bits per heavy atom. The Kier molecular flexibility index (Phi) is 5.38. The van der Waals surface area contributed by atoms with Gasteiger partial charge < -0.3 is 10.6 Å². The fraction of sp³-hybridized carbons (Fsp3) is 0.250. The fourth-order valence-electron chi connectivity index (χ4n) is 3.24. The summed E-state index contributed by atoms with van der Waals surface area (Å²) in [6, 6.07) is 9.68. The van der Waals surface area contributed by atoms with Gasteiger partial charge in [0, 0.05) is 10.7 Å². The average molecular weight is 404 g/mol. The van der Waals surface area contributed by atoms with Gasteiger partial charge in [-0.2, -0.15) is 0 Å². The van der Waals surface area contributed by atoms with Crippen molar-refractivity contribution in [2.24, 2.45) is 0 Å². The zero-order chi connectivity index (χ0) is 20.5. The number of amides is 4. The third-order valence-electron chi connectivity index (χ3n) is 4.81. The van der Waals surface area contributed by atoms with Crippen molar-refractivity contribution in [3.8, 4) is 0 Å². The molecule has 1 aliphatic heterocycles. The highest BCUT2D eigenvalue weighted by molar-refractivity contribution is 6.30. The molecule has 0 unspecified atom stereocenters. The van der Waals surface area contributed by atoms with E-state index in [1.807, 2.05) is 0 Å². The molecule has 1 aliphatic rings. The van der Waals surface area contributed by atoms with E-state index in [1.54, 1.807) is 32.0 Å². The number of carbonyl (C=O) groups is 3. The Hall–Kier alpha value is -2.93. The van der Waals surface area contributed by atoms with Gasteiger partial charge in [0.15, 0.2) is 0 Å². The summed E-state index contributed by atoms with van der Waals surface area (Å²) in [5, 5.41) is 5.87. The highest BCUT2D eigenvalue weighted by atomic mass is 35.5. The molecule has 1 saturated heterocycles. The van der Waals surface area contributed by atoms with Crippen LogP contribution >= 0.6 is 11.6 Å². The second kappa shape index (κ2) is 7.59. The van der Waals surface area contributed by atoms with E-state index in [2.05, 4.69) is 10.6 Å². The van der Waals surface area contributed by atoms with Crippen LogP contribution in [0.3, 0.4) is 0 Å². The van der Waals surface area contributed by atoms with Gasteiger partial charge in [0.2, 0.25) is 5.91 Å². The highest BCUT2D eigenvalue weighted by Gasteiger charge is 2.51.